The van der Waals surface area contributed by atoms with Gasteiger partial charge in [-0.3, -0.25) is 9.59 Å². The number of aliphatic hydroxyl groups is 2. The fourth-order valence-corrected chi connectivity index (χ4v) is 8.60. The van der Waals surface area contributed by atoms with Crippen LogP contribution in [0.5, 0.6) is 5.75 Å². The lowest BCUT2D eigenvalue weighted by Gasteiger charge is -2.40. The topological polar surface area (TPSA) is 237 Å². The second-order valence-electron chi connectivity index (χ2n) is 16.4. The van der Waals surface area contributed by atoms with Crippen molar-refractivity contribution < 1.29 is 48.3 Å². The van der Waals surface area contributed by atoms with Gasteiger partial charge in [0, 0.05) is 47.6 Å². The van der Waals surface area contributed by atoms with Crippen LogP contribution in [0, 0.1) is 5.92 Å². The van der Waals surface area contributed by atoms with Gasteiger partial charge in [0.05, 0.1) is 41.4 Å². The number of carbonyl (C=O) groups excluding carboxylic acids is 3. The number of nitrogens with one attached hydrogen (secondary N) is 4. The maximum atomic E-state index is 14.3. The number of esters is 2. The highest BCUT2D eigenvalue weighted by molar-refractivity contribution is 7.80. The molecule has 3 aliphatic rings. The molecule has 0 bridgehead atoms. The normalized spacial score (nSPS) is 23.2. The van der Waals surface area contributed by atoms with Crippen molar-refractivity contribution in [3.63, 3.8) is 0 Å². The first-order valence-corrected chi connectivity index (χ1v) is 21.3. The molecule has 5 aromatic rings. The Bertz CT molecular complexity index is 2640. The predicted molar refractivity (Wildman–Crippen MR) is 235 cm³/mol. The molecule has 18 nitrogen and oxygen atoms in total. The van der Waals surface area contributed by atoms with Crippen LogP contribution in [0.4, 0.5) is 5.69 Å². The van der Waals surface area contributed by atoms with Gasteiger partial charge >= 0.3 is 11.9 Å². The van der Waals surface area contributed by atoms with Gasteiger partial charge in [-0.2, -0.15) is 0 Å². The zero-order valence-corrected chi connectivity index (χ0v) is 36.5. The minimum absolute atomic E-state index is 0.0603. The number of H-pyrrole nitrogens is 1. The molecule has 3 unspecified atom stereocenters. The van der Waals surface area contributed by atoms with Crippen molar-refractivity contribution in [2.45, 2.75) is 102 Å². The zero-order valence-electron chi connectivity index (χ0n) is 35.7. The number of fused-ring (bicyclic) bond motifs is 5. The van der Waals surface area contributed by atoms with Gasteiger partial charge in [-0.05, 0) is 73.9 Å². The van der Waals surface area contributed by atoms with Crippen molar-refractivity contribution in [1.82, 2.24) is 30.2 Å². The number of imidazole rings is 1. The second-order valence-corrected chi connectivity index (χ2v) is 16.8. The van der Waals surface area contributed by atoms with Gasteiger partial charge in [-0.1, -0.05) is 39.0 Å². The number of aromatic nitrogens is 4. The van der Waals surface area contributed by atoms with Crippen molar-refractivity contribution >= 4 is 51.8 Å². The number of carbonyl (C=O) groups is 3. The molecule has 8 atom stereocenters. The first-order valence-electron chi connectivity index (χ1n) is 20.9. The molecule has 1 saturated heterocycles. The van der Waals surface area contributed by atoms with Crippen molar-refractivity contribution in [2.75, 3.05) is 12.4 Å². The summed E-state index contributed by atoms with van der Waals surface area (Å²) in [4.78, 5) is 68.4. The Kier molecular flexibility index (Phi) is 12.5. The van der Waals surface area contributed by atoms with E-state index in [0.717, 1.165) is 16.5 Å². The largest absolute Gasteiger partial charge is 0.462 e. The number of anilines is 1. The van der Waals surface area contributed by atoms with Gasteiger partial charge in [-0.25, -0.2) is 19.6 Å². The molecule has 3 aliphatic heterocycles. The van der Waals surface area contributed by atoms with E-state index < -0.39 is 72.2 Å². The molecule has 0 saturated carbocycles. The van der Waals surface area contributed by atoms with Gasteiger partial charge in [-0.15, -0.1) is 0 Å². The minimum Gasteiger partial charge on any atom is -0.462 e. The summed E-state index contributed by atoms with van der Waals surface area (Å²) in [5, 5.41) is 30.8. The van der Waals surface area contributed by atoms with Gasteiger partial charge in [0.1, 0.15) is 42.8 Å². The number of rotatable bonds is 13. The Morgan fingerprint density at radius 1 is 1.08 bits per heavy atom. The van der Waals surface area contributed by atoms with Crippen molar-refractivity contribution in [2.24, 2.45) is 5.92 Å². The number of benzene rings is 2. The number of cyclic esters (lactones) is 1. The number of aliphatic hydroxyl groups excluding tert-OH is 2. The molecule has 3 aromatic heterocycles. The van der Waals surface area contributed by atoms with Gasteiger partial charge in [0.25, 0.3) is 5.56 Å². The zero-order chi connectivity index (χ0) is 45.4. The Balaban J connectivity index is 0.986. The van der Waals surface area contributed by atoms with E-state index in [1.54, 1.807) is 68.8 Å². The molecule has 0 radical (unpaired) electrons. The Morgan fingerprint density at radius 3 is 2.55 bits per heavy atom. The summed E-state index contributed by atoms with van der Waals surface area (Å²) >= 11 is 5.63. The minimum atomic E-state index is -1.99. The van der Waals surface area contributed by atoms with E-state index in [1.807, 2.05) is 30.3 Å². The maximum absolute atomic E-state index is 14.3. The summed E-state index contributed by atoms with van der Waals surface area (Å²) in [7, 11) is 1.38. The lowest BCUT2D eigenvalue weighted by atomic mass is 9.85. The highest BCUT2D eigenvalue weighted by atomic mass is 32.1. The Labute approximate surface area is 372 Å². The molecule has 2 aromatic carbocycles. The van der Waals surface area contributed by atoms with Crippen LogP contribution < -0.4 is 26.2 Å². The summed E-state index contributed by atoms with van der Waals surface area (Å²) in [6.07, 6.45) is -1.89. The van der Waals surface area contributed by atoms with Crippen LogP contribution in [0.3, 0.4) is 0 Å². The lowest BCUT2D eigenvalue weighted by molar-refractivity contribution is -0.272. The van der Waals surface area contributed by atoms with E-state index in [1.165, 1.54) is 13.4 Å². The van der Waals surface area contributed by atoms with Crippen LogP contribution in [-0.4, -0.2) is 103 Å². The maximum Gasteiger partial charge on any atom is 0.355 e. The van der Waals surface area contributed by atoms with Crippen LogP contribution in [0.25, 0.3) is 22.3 Å². The molecule has 336 valence electrons. The number of nitrogens with zero attached hydrogens (tertiary/aromatic N) is 3. The summed E-state index contributed by atoms with van der Waals surface area (Å²) in [5.74, 6) is -2.51. The number of para-hydroxylation sites is 1. The predicted octanol–water partition coefficient (Wildman–Crippen LogP) is 2.95. The number of hydrogen-bond donors (Lipinski definition) is 6. The van der Waals surface area contributed by atoms with Gasteiger partial charge in [0.2, 0.25) is 17.8 Å². The number of hydrogen-bond acceptors (Lipinski definition) is 14. The molecule has 6 N–H and O–H groups in total. The number of methoxy groups -OCH3 is 1. The average Bonchev–Trinajstić information content (AvgIpc) is 3.93. The molecule has 8 rings (SSSR count). The molecule has 1 amide bonds. The van der Waals surface area contributed by atoms with Crippen LogP contribution in [0.2, 0.25) is 0 Å². The fraction of sp³-hybridized carbons (Fsp3) is 0.400. The lowest BCUT2D eigenvalue weighted by Crippen LogP contribution is -2.59. The van der Waals surface area contributed by atoms with Gasteiger partial charge in [0.15, 0.2) is 5.11 Å². The fourth-order valence-electron chi connectivity index (χ4n) is 8.34. The van der Waals surface area contributed by atoms with E-state index >= 15 is 0 Å². The Hall–Kier alpha value is -6.25. The van der Waals surface area contributed by atoms with Crippen molar-refractivity contribution in [1.29, 1.82) is 0 Å². The quantitative estimate of drug-likeness (QED) is 0.0722. The van der Waals surface area contributed by atoms with Crippen LogP contribution in [0.1, 0.15) is 56.5 Å². The van der Waals surface area contributed by atoms with Crippen molar-refractivity contribution in [3.05, 3.63) is 106 Å². The molecule has 64 heavy (non-hydrogen) atoms. The molecule has 0 aliphatic carbocycles. The summed E-state index contributed by atoms with van der Waals surface area (Å²) < 4.78 is 30.1. The molecular weight excluding hydrogens is 847 g/mol. The average molecular weight is 896 g/mol. The van der Waals surface area contributed by atoms with E-state index in [2.05, 4.69) is 25.9 Å². The van der Waals surface area contributed by atoms with E-state index in [9.17, 15) is 29.4 Å². The molecule has 0 spiro atoms. The highest BCUT2D eigenvalue weighted by Crippen LogP contribution is 2.41. The van der Waals surface area contributed by atoms with E-state index in [4.69, 9.17) is 40.9 Å². The molecule has 19 heteroatoms. The summed E-state index contributed by atoms with van der Waals surface area (Å²) in [6.45, 7) is 6.74. The molecule has 6 heterocycles. The van der Waals surface area contributed by atoms with Crippen molar-refractivity contribution in [3.8, 4) is 17.1 Å². The number of pyridine rings is 2. The Morgan fingerprint density at radius 2 is 1.84 bits per heavy atom. The second kappa shape index (κ2) is 18.1. The van der Waals surface area contributed by atoms with Crippen LogP contribution >= 0.6 is 12.2 Å². The van der Waals surface area contributed by atoms with Crippen LogP contribution in [0.15, 0.2) is 78.0 Å². The number of thiocarbonyl (C=S) groups is 1. The molecular formula is C45H49N7O11S. The van der Waals surface area contributed by atoms with E-state index in [-0.39, 0.29) is 47.8 Å². The molecule has 1 fully saturated rings. The van der Waals surface area contributed by atoms with Crippen LogP contribution in [-0.2, 0) is 58.5 Å². The summed E-state index contributed by atoms with van der Waals surface area (Å²) in [6, 6.07) is 15.6. The first-order chi connectivity index (χ1) is 30.7. The third-order valence-electron chi connectivity index (χ3n) is 11.9. The highest BCUT2D eigenvalue weighted by Gasteiger charge is 2.52. The van der Waals surface area contributed by atoms with E-state index in [0.29, 0.717) is 28.5 Å². The standard InChI is InChI=1S/C45H49N7O11S/c1-6-45(30-17-33-35-25(15-24-9-7-8-10-31(24)49-35)19-52(33)40(56)29(30)20-60-43(45)58)63-41(57)34(22(2)3)51-39(55)32(16-27-18-46-21-47-27)50-44(64)48-26-11-13-28(14-12-26)62-42-37(54)38(59-5)36(53)23(4)61-42/h7-15,17-18,21-23,32,34,36-38,42,53-54H,6,16,19-20H2,1-5H3,(H,46,47)(H,51,55)(H2,48,50,64)/t23?,32-,34-,36+,37?,38?,42-,45-/m0/s1. The number of ether oxygens (including phenoxy) is 5. The third-order valence-corrected chi connectivity index (χ3v) is 12.1. The third kappa shape index (κ3) is 8.44. The smallest absolute Gasteiger partial charge is 0.355 e. The number of amides is 1. The monoisotopic (exact) mass is 895 g/mol. The number of aromatic amines is 1. The SMILES string of the molecule is CC[C@@]1(OC(=O)[C@@H](NC(=O)[C@H](Cc2cnc[nH]2)NC(=S)Nc2ccc(O[C@@H]3OC(C)[C@@H](O)C(OC)C3O)cc2)C(C)C)C(=O)OCc2c1cc1n(c2=O)Cc2cc3ccccc3nc2-1. The summed E-state index contributed by atoms with van der Waals surface area (Å²) in [5.41, 5.74) is 1.84. The van der Waals surface area contributed by atoms with Gasteiger partial charge < -0.3 is 59.4 Å². The first kappa shape index (κ1) is 44.4.